The van der Waals surface area contributed by atoms with E-state index in [0.717, 1.165) is 23.2 Å². The Balaban J connectivity index is 1.22. The third kappa shape index (κ3) is 4.17. The molecule has 1 N–H and O–H groups in total. The molecule has 0 radical (unpaired) electrons. The van der Waals surface area contributed by atoms with Crippen LogP contribution in [0.25, 0.3) is 0 Å². The number of hydrogen-bond donors (Lipinski definition) is 1. The highest BCUT2D eigenvalue weighted by atomic mass is 16.5. The number of carbonyl (C=O) groups is 3. The number of ether oxygens (including phenoxy) is 1. The maximum Gasteiger partial charge on any atom is 0.265 e. The van der Waals surface area contributed by atoms with Crippen LogP contribution in [0.2, 0.25) is 0 Å². The first kappa shape index (κ1) is 20.8. The molecule has 0 aromatic heterocycles. The number of hydrogen-bond acceptors (Lipinski definition) is 4. The predicted molar refractivity (Wildman–Crippen MR) is 124 cm³/mol. The minimum Gasteiger partial charge on any atom is -0.482 e. The zero-order chi connectivity index (χ0) is 22.8. The first-order valence-electron chi connectivity index (χ1n) is 10.9. The Morgan fingerprint density at radius 1 is 0.939 bits per heavy atom. The van der Waals surface area contributed by atoms with Crippen molar-refractivity contribution in [1.82, 2.24) is 5.32 Å². The van der Waals surface area contributed by atoms with Gasteiger partial charge >= 0.3 is 0 Å². The van der Waals surface area contributed by atoms with Gasteiger partial charge in [-0.1, -0.05) is 42.5 Å². The molecule has 0 unspecified atom stereocenters. The number of para-hydroxylation sites is 2. The van der Waals surface area contributed by atoms with Crippen molar-refractivity contribution in [3.8, 4) is 5.75 Å². The lowest BCUT2D eigenvalue weighted by molar-refractivity contribution is -0.125. The van der Waals surface area contributed by atoms with Crippen molar-refractivity contribution in [2.24, 2.45) is 0 Å². The zero-order valence-corrected chi connectivity index (χ0v) is 18.0. The van der Waals surface area contributed by atoms with Crippen LogP contribution in [0.1, 0.15) is 21.5 Å². The normalized spacial score (nSPS) is 14.4. The van der Waals surface area contributed by atoms with Crippen molar-refractivity contribution in [3.05, 3.63) is 89.5 Å². The summed E-state index contributed by atoms with van der Waals surface area (Å²) in [5, 5.41) is 2.89. The number of benzene rings is 3. The Morgan fingerprint density at radius 2 is 1.73 bits per heavy atom. The number of fused-ring (bicyclic) bond motifs is 2. The number of nitrogens with one attached hydrogen (secondary N) is 1. The van der Waals surface area contributed by atoms with Crippen molar-refractivity contribution < 1.29 is 19.1 Å². The van der Waals surface area contributed by atoms with E-state index in [0.29, 0.717) is 30.1 Å². The van der Waals surface area contributed by atoms with Gasteiger partial charge in [0, 0.05) is 24.3 Å². The average Bonchev–Trinajstić information content (AvgIpc) is 3.28. The molecule has 0 bridgehead atoms. The van der Waals surface area contributed by atoms with E-state index in [-0.39, 0.29) is 30.9 Å². The predicted octanol–water partition coefficient (Wildman–Crippen LogP) is 2.93. The van der Waals surface area contributed by atoms with Gasteiger partial charge in [0.05, 0.1) is 5.69 Å². The van der Waals surface area contributed by atoms with Crippen molar-refractivity contribution in [2.45, 2.75) is 13.0 Å². The standard InChI is InChI=1S/C26H23N3O4/c30-24(16-29-22-8-4-5-9-23(22)33-17-25(29)31)27-15-18-10-11-21-20(14-18)12-13-28(21)26(32)19-6-2-1-3-7-19/h1-11,14H,12-13,15-17H2,(H,27,30). The first-order chi connectivity index (χ1) is 16.1. The van der Waals surface area contributed by atoms with Crippen LogP contribution in [-0.4, -0.2) is 37.4 Å². The summed E-state index contributed by atoms with van der Waals surface area (Å²) >= 11 is 0. The molecule has 3 aromatic rings. The Kier molecular flexibility index (Phi) is 5.52. The number of anilines is 2. The molecule has 0 aliphatic carbocycles. The van der Waals surface area contributed by atoms with E-state index in [1.54, 1.807) is 17.0 Å². The molecular formula is C26H23N3O4. The van der Waals surface area contributed by atoms with E-state index in [9.17, 15) is 14.4 Å². The SMILES string of the molecule is O=C(CN1C(=O)COc2ccccc21)NCc1ccc2c(c1)CCN2C(=O)c1ccccc1. The van der Waals surface area contributed by atoms with Gasteiger partial charge in [-0.3, -0.25) is 19.3 Å². The summed E-state index contributed by atoms with van der Waals surface area (Å²) in [4.78, 5) is 40.9. The smallest absolute Gasteiger partial charge is 0.265 e. The summed E-state index contributed by atoms with van der Waals surface area (Å²) in [5.74, 6) is 0.0926. The van der Waals surface area contributed by atoms with Crippen molar-refractivity contribution in [3.63, 3.8) is 0 Å². The second kappa shape index (κ2) is 8.78. The zero-order valence-electron chi connectivity index (χ0n) is 18.0. The molecule has 7 heteroatoms. The Morgan fingerprint density at radius 3 is 2.58 bits per heavy atom. The van der Waals surface area contributed by atoms with Gasteiger partial charge in [0.2, 0.25) is 5.91 Å². The highest BCUT2D eigenvalue weighted by Crippen LogP contribution is 2.32. The topological polar surface area (TPSA) is 79.0 Å². The molecule has 0 atom stereocenters. The lowest BCUT2D eigenvalue weighted by atomic mass is 10.1. The van der Waals surface area contributed by atoms with Crippen LogP contribution in [0.3, 0.4) is 0 Å². The van der Waals surface area contributed by atoms with Gasteiger partial charge in [-0.25, -0.2) is 0 Å². The molecule has 2 heterocycles. The Bertz CT molecular complexity index is 1230. The van der Waals surface area contributed by atoms with E-state index in [2.05, 4.69) is 5.32 Å². The van der Waals surface area contributed by atoms with Crippen molar-refractivity contribution >= 4 is 29.1 Å². The highest BCUT2D eigenvalue weighted by Gasteiger charge is 2.28. The van der Waals surface area contributed by atoms with Crippen LogP contribution in [-0.2, 0) is 22.6 Å². The van der Waals surface area contributed by atoms with Crippen LogP contribution in [0, 0.1) is 0 Å². The van der Waals surface area contributed by atoms with Crippen LogP contribution < -0.4 is 19.9 Å². The third-order valence-corrected chi connectivity index (χ3v) is 5.90. The van der Waals surface area contributed by atoms with Crippen LogP contribution in [0.5, 0.6) is 5.75 Å². The molecule has 33 heavy (non-hydrogen) atoms. The summed E-state index contributed by atoms with van der Waals surface area (Å²) in [7, 11) is 0. The van der Waals surface area contributed by atoms with Gasteiger partial charge in [0.1, 0.15) is 12.3 Å². The molecule has 3 amide bonds. The molecule has 5 rings (SSSR count). The fraction of sp³-hybridized carbons (Fsp3) is 0.192. The van der Waals surface area contributed by atoms with E-state index >= 15 is 0 Å². The van der Waals surface area contributed by atoms with Gasteiger partial charge in [0.25, 0.3) is 11.8 Å². The minimum absolute atomic E-state index is 0.00846. The summed E-state index contributed by atoms with van der Waals surface area (Å²) < 4.78 is 5.42. The summed E-state index contributed by atoms with van der Waals surface area (Å²) in [6.07, 6.45) is 0.773. The number of amides is 3. The third-order valence-electron chi connectivity index (χ3n) is 5.90. The van der Waals surface area contributed by atoms with E-state index in [1.165, 1.54) is 4.90 Å². The van der Waals surface area contributed by atoms with E-state index in [4.69, 9.17) is 4.74 Å². The summed E-state index contributed by atoms with van der Waals surface area (Å²) in [6.45, 7) is 0.840. The minimum atomic E-state index is -0.249. The average molecular weight is 441 g/mol. The van der Waals surface area contributed by atoms with E-state index in [1.807, 2.05) is 60.7 Å². The molecule has 0 fully saturated rings. The van der Waals surface area contributed by atoms with Gasteiger partial charge in [-0.15, -0.1) is 0 Å². The molecule has 0 saturated heterocycles. The van der Waals surface area contributed by atoms with Gasteiger partial charge < -0.3 is 15.0 Å². The molecular weight excluding hydrogens is 418 g/mol. The largest absolute Gasteiger partial charge is 0.482 e. The van der Waals surface area contributed by atoms with Gasteiger partial charge in [-0.2, -0.15) is 0 Å². The molecule has 7 nitrogen and oxygen atoms in total. The molecule has 3 aromatic carbocycles. The second-order valence-corrected chi connectivity index (χ2v) is 8.05. The summed E-state index contributed by atoms with van der Waals surface area (Å²) in [6, 6.07) is 22.3. The van der Waals surface area contributed by atoms with Gasteiger partial charge in [0.15, 0.2) is 6.61 Å². The molecule has 166 valence electrons. The summed E-state index contributed by atoms with van der Waals surface area (Å²) in [5.41, 5.74) is 4.22. The number of carbonyl (C=O) groups excluding carboxylic acids is 3. The fourth-order valence-electron chi connectivity index (χ4n) is 4.24. The van der Waals surface area contributed by atoms with Crippen molar-refractivity contribution in [1.29, 1.82) is 0 Å². The molecule has 2 aliphatic heterocycles. The quantitative estimate of drug-likeness (QED) is 0.660. The second-order valence-electron chi connectivity index (χ2n) is 8.05. The lowest BCUT2D eigenvalue weighted by Crippen LogP contribution is -2.45. The molecule has 2 aliphatic rings. The maximum absolute atomic E-state index is 12.8. The van der Waals surface area contributed by atoms with Crippen LogP contribution in [0.4, 0.5) is 11.4 Å². The molecule has 0 spiro atoms. The number of nitrogens with zero attached hydrogens (tertiary/aromatic N) is 2. The van der Waals surface area contributed by atoms with Crippen LogP contribution >= 0.6 is 0 Å². The first-order valence-corrected chi connectivity index (χ1v) is 10.9. The maximum atomic E-state index is 12.8. The molecule has 0 saturated carbocycles. The fourth-order valence-corrected chi connectivity index (χ4v) is 4.24. The van der Waals surface area contributed by atoms with Gasteiger partial charge in [-0.05, 0) is 47.9 Å². The van der Waals surface area contributed by atoms with E-state index < -0.39 is 0 Å². The monoisotopic (exact) mass is 441 g/mol. The Hall–Kier alpha value is -4.13. The highest BCUT2D eigenvalue weighted by molar-refractivity contribution is 6.07. The Labute approximate surface area is 191 Å². The van der Waals surface area contributed by atoms with Crippen LogP contribution in [0.15, 0.2) is 72.8 Å². The number of rotatable bonds is 5. The lowest BCUT2D eigenvalue weighted by Gasteiger charge is -2.28. The van der Waals surface area contributed by atoms with Crippen molar-refractivity contribution in [2.75, 3.05) is 29.5 Å².